The first kappa shape index (κ1) is 14.4. The average molecular weight is 216 g/mol. The van der Waals surface area contributed by atoms with Crippen LogP contribution >= 0.6 is 0 Å². The third-order valence-electron chi connectivity index (χ3n) is 2.91. The number of aliphatic carboxylic acids is 1. The van der Waals surface area contributed by atoms with Crippen LogP contribution in [0.4, 0.5) is 0 Å². The zero-order valence-corrected chi connectivity index (χ0v) is 9.83. The predicted octanol–water partition coefficient (Wildman–Crippen LogP) is 1.68. The molecule has 4 nitrogen and oxygen atoms in total. The summed E-state index contributed by atoms with van der Waals surface area (Å²) in [5.41, 5.74) is 10.5. The number of unbranched alkanes of at least 4 members (excludes halogenated alkanes) is 3. The maximum Gasteiger partial charge on any atom is 0.309 e. The highest BCUT2D eigenvalue weighted by molar-refractivity contribution is 5.71. The van der Waals surface area contributed by atoms with Crippen LogP contribution in [-0.2, 0) is 4.79 Å². The van der Waals surface area contributed by atoms with E-state index in [4.69, 9.17) is 16.6 Å². The molecule has 0 aromatic carbocycles. The molecule has 0 heterocycles. The van der Waals surface area contributed by atoms with Crippen LogP contribution in [0.3, 0.4) is 0 Å². The van der Waals surface area contributed by atoms with E-state index < -0.39 is 17.6 Å². The number of hydrogen-bond acceptors (Lipinski definition) is 3. The van der Waals surface area contributed by atoms with E-state index >= 15 is 0 Å². The van der Waals surface area contributed by atoms with E-state index in [-0.39, 0.29) is 0 Å². The Labute approximate surface area is 92.0 Å². The fraction of sp³-hybridized carbons (Fsp3) is 0.909. The Balaban J connectivity index is 4.12. The lowest BCUT2D eigenvalue weighted by Crippen LogP contribution is -2.57. The Morgan fingerprint density at radius 2 is 1.87 bits per heavy atom. The molecule has 4 heteroatoms. The Hall–Kier alpha value is -0.610. The fourth-order valence-corrected chi connectivity index (χ4v) is 1.64. The largest absolute Gasteiger partial charge is 0.481 e. The second-order valence-corrected chi connectivity index (χ2v) is 4.21. The molecule has 0 saturated carbocycles. The number of carboxylic acid groups (broad SMARTS) is 1. The summed E-state index contributed by atoms with van der Waals surface area (Å²) < 4.78 is 0. The summed E-state index contributed by atoms with van der Waals surface area (Å²) in [7, 11) is 0. The van der Waals surface area contributed by atoms with E-state index in [2.05, 4.69) is 6.92 Å². The smallest absolute Gasteiger partial charge is 0.309 e. The minimum atomic E-state index is -1.07. The van der Waals surface area contributed by atoms with Gasteiger partial charge in [-0.25, -0.2) is 0 Å². The van der Waals surface area contributed by atoms with Crippen molar-refractivity contribution in [2.24, 2.45) is 17.4 Å². The summed E-state index contributed by atoms with van der Waals surface area (Å²) in [4.78, 5) is 11.0. The Kier molecular flexibility index (Phi) is 6.52. The third-order valence-corrected chi connectivity index (χ3v) is 2.91. The standard InChI is InChI=1S/C11H24N2O2/c1-3-5-6-7-8-9(10(14)15)11(12,13)4-2/h9H,3-8,12-13H2,1-2H3,(H,14,15). The maximum atomic E-state index is 11.0. The molecule has 0 fully saturated rings. The monoisotopic (exact) mass is 216 g/mol. The molecular formula is C11H24N2O2. The predicted molar refractivity (Wildman–Crippen MR) is 61.3 cm³/mol. The van der Waals surface area contributed by atoms with Crippen molar-refractivity contribution in [3.63, 3.8) is 0 Å². The molecule has 0 aromatic rings. The first-order valence-electron chi connectivity index (χ1n) is 5.76. The molecule has 0 aliphatic carbocycles. The zero-order chi connectivity index (χ0) is 11.9. The molecule has 0 aromatic heterocycles. The molecular weight excluding hydrogens is 192 g/mol. The molecule has 0 spiro atoms. The van der Waals surface area contributed by atoms with E-state index in [0.29, 0.717) is 12.8 Å². The minimum absolute atomic E-state index is 0.484. The van der Waals surface area contributed by atoms with Gasteiger partial charge in [0.05, 0.1) is 11.6 Å². The van der Waals surface area contributed by atoms with Gasteiger partial charge in [0.1, 0.15) is 0 Å². The van der Waals surface area contributed by atoms with Gasteiger partial charge in [0, 0.05) is 0 Å². The van der Waals surface area contributed by atoms with E-state index in [9.17, 15) is 4.79 Å². The van der Waals surface area contributed by atoms with E-state index in [1.807, 2.05) is 6.92 Å². The van der Waals surface area contributed by atoms with Crippen LogP contribution in [0.2, 0.25) is 0 Å². The molecule has 1 atom stereocenters. The first-order valence-corrected chi connectivity index (χ1v) is 5.76. The molecule has 0 radical (unpaired) electrons. The number of nitrogens with two attached hydrogens (primary N) is 2. The Morgan fingerprint density at radius 1 is 1.27 bits per heavy atom. The molecule has 15 heavy (non-hydrogen) atoms. The molecule has 5 N–H and O–H groups in total. The van der Waals surface area contributed by atoms with Crippen LogP contribution in [0.1, 0.15) is 52.4 Å². The molecule has 90 valence electrons. The van der Waals surface area contributed by atoms with Crippen LogP contribution in [-0.4, -0.2) is 16.7 Å². The molecule has 0 amide bonds. The second kappa shape index (κ2) is 6.80. The van der Waals surface area contributed by atoms with Gasteiger partial charge in [-0.15, -0.1) is 0 Å². The van der Waals surface area contributed by atoms with Gasteiger partial charge in [0.15, 0.2) is 0 Å². The highest BCUT2D eigenvalue weighted by atomic mass is 16.4. The van der Waals surface area contributed by atoms with Gasteiger partial charge < -0.3 is 16.6 Å². The van der Waals surface area contributed by atoms with Crippen molar-refractivity contribution >= 4 is 5.97 Å². The van der Waals surface area contributed by atoms with Gasteiger partial charge in [-0.3, -0.25) is 4.79 Å². The summed E-state index contributed by atoms with van der Waals surface area (Å²) in [5, 5.41) is 9.04. The van der Waals surface area contributed by atoms with E-state index in [1.165, 1.54) is 0 Å². The summed E-state index contributed by atoms with van der Waals surface area (Å²) in [6.07, 6.45) is 5.29. The SMILES string of the molecule is CCCCCCC(C(=O)O)C(N)(N)CC. The zero-order valence-electron chi connectivity index (χ0n) is 9.83. The van der Waals surface area contributed by atoms with Crippen molar-refractivity contribution in [3.8, 4) is 0 Å². The van der Waals surface area contributed by atoms with Crippen LogP contribution in [0.5, 0.6) is 0 Å². The van der Waals surface area contributed by atoms with Crippen molar-refractivity contribution < 1.29 is 9.90 Å². The van der Waals surface area contributed by atoms with Crippen LogP contribution in [0.15, 0.2) is 0 Å². The molecule has 0 rings (SSSR count). The van der Waals surface area contributed by atoms with Crippen molar-refractivity contribution in [2.75, 3.05) is 0 Å². The summed E-state index contributed by atoms with van der Waals surface area (Å²) in [6.45, 7) is 3.94. The molecule has 0 bridgehead atoms. The topological polar surface area (TPSA) is 89.3 Å². The van der Waals surface area contributed by atoms with E-state index in [0.717, 1.165) is 25.7 Å². The van der Waals surface area contributed by atoms with Crippen molar-refractivity contribution in [3.05, 3.63) is 0 Å². The number of rotatable bonds is 8. The van der Waals surface area contributed by atoms with Crippen molar-refractivity contribution in [1.29, 1.82) is 0 Å². The Morgan fingerprint density at radius 3 is 2.27 bits per heavy atom. The highest BCUT2D eigenvalue weighted by Crippen LogP contribution is 2.20. The lowest BCUT2D eigenvalue weighted by atomic mass is 9.87. The fourth-order valence-electron chi connectivity index (χ4n) is 1.64. The molecule has 1 unspecified atom stereocenters. The average Bonchev–Trinajstić information content (AvgIpc) is 2.16. The van der Waals surface area contributed by atoms with Gasteiger partial charge in [-0.2, -0.15) is 0 Å². The van der Waals surface area contributed by atoms with Gasteiger partial charge in [0.2, 0.25) is 0 Å². The van der Waals surface area contributed by atoms with Gasteiger partial charge in [0.25, 0.3) is 0 Å². The van der Waals surface area contributed by atoms with Crippen LogP contribution in [0, 0.1) is 5.92 Å². The van der Waals surface area contributed by atoms with Gasteiger partial charge in [-0.1, -0.05) is 39.5 Å². The summed E-state index contributed by atoms with van der Waals surface area (Å²) >= 11 is 0. The van der Waals surface area contributed by atoms with Gasteiger partial charge in [-0.05, 0) is 12.8 Å². The lowest BCUT2D eigenvalue weighted by molar-refractivity contribution is -0.144. The van der Waals surface area contributed by atoms with Crippen molar-refractivity contribution in [1.82, 2.24) is 0 Å². The normalized spacial score (nSPS) is 13.9. The quantitative estimate of drug-likeness (QED) is 0.425. The third kappa shape index (κ3) is 5.14. The molecule has 0 aliphatic rings. The van der Waals surface area contributed by atoms with Gasteiger partial charge >= 0.3 is 5.97 Å². The summed E-state index contributed by atoms with van der Waals surface area (Å²) in [6, 6.07) is 0. The highest BCUT2D eigenvalue weighted by Gasteiger charge is 2.34. The number of hydrogen-bond donors (Lipinski definition) is 3. The number of carboxylic acids is 1. The van der Waals surface area contributed by atoms with Crippen LogP contribution in [0.25, 0.3) is 0 Å². The number of carbonyl (C=O) groups is 1. The van der Waals surface area contributed by atoms with Crippen molar-refractivity contribution in [2.45, 2.75) is 58.0 Å². The molecule has 0 saturated heterocycles. The van der Waals surface area contributed by atoms with Crippen LogP contribution < -0.4 is 11.5 Å². The second-order valence-electron chi connectivity index (χ2n) is 4.21. The first-order chi connectivity index (χ1) is 6.95. The lowest BCUT2D eigenvalue weighted by Gasteiger charge is -2.29. The molecule has 0 aliphatic heterocycles. The Bertz CT molecular complexity index is 193. The summed E-state index contributed by atoms with van der Waals surface area (Å²) in [5.74, 6) is -1.50. The minimum Gasteiger partial charge on any atom is -0.481 e. The maximum absolute atomic E-state index is 11.0. The van der Waals surface area contributed by atoms with E-state index in [1.54, 1.807) is 0 Å².